The van der Waals surface area contributed by atoms with Crippen LogP contribution in [0.2, 0.25) is 0 Å². The molecule has 4 heteroatoms. The van der Waals surface area contributed by atoms with Crippen molar-refractivity contribution < 1.29 is 9.53 Å². The number of nitrogens with one attached hydrogen (secondary N) is 1. The molecular weight excluding hydrogens is 342 g/mol. The van der Waals surface area contributed by atoms with Crippen LogP contribution in [0.5, 0.6) is 5.75 Å². The number of para-hydroxylation sites is 1. The number of hydrogen-bond donors (Lipinski definition) is 1. The van der Waals surface area contributed by atoms with Gasteiger partial charge in [0.25, 0.3) is 5.91 Å². The lowest BCUT2D eigenvalue weighted by Crippen LogP contribution is -2.32. The smallest absolute Gasteiger partial charge is 0.265 e. The van der Waals surface area contributed by atoms with Gasteiger partial charge in [-0.1, -0.05) is 31.2 Å². The minimum Gasteiger partial charge on any atom is -0.480 e. The van der Waals surface area contributed by atoms with Crippen LogP contribution in [0, 0.1) is 13.8 Å². The molecule has 0 aromatic heterocycles. The van der Waals surface area contributed by atoms with Crippen molar-refractivity contribution in [2.24, 2.45) is 0 Å². The predicted molar refractivity (Wildman–Crippen MR) is 93.4 cm³/mol. The van der Waals surface area contributed by atoms with Crippen molar-refractivity contribution in [3.63, 3.8) is 0 Å². The van der Waals surface area contributed by atoms with Crippen LogP contribution in [0.4, 0.5) is 5.69 Å². The molecule has 2 aromatic rings. The lowest BCUT2D eigenvalue weighted by Gasteiger charge is -2.19. The number of anilines is 1. The van der Waals surface area contributed by atoms with E-state index < -0.39 is 6.10 Å². The van der Waals surface area contributed by atoms with Crippen molar-refractivity contribution in [3.05, 3.63) is 58.1 Å². The standard InChI is InChI=1S/C18H20BrNO2/c1-4-16(22-17-11-12(2)9-10-13(17)3)18(21)20-15-8-6-5-7-14(15)19/h5-11,16H,4H2,1-3H3,(H,20,21)/t16-/m1/s1. The highest BCUT2D eigenvalue weighted by Gasteiger charge is 2.20. The molecule has 1 atom stereocenters. The van der Waals surface area contributed by atoms with Gasteiger partial charge in [0.05, 0.1) is 5.69 Å². The van der Waals surface area contributed by atoms with Gasteiger partial charge in [-0.2, -0.15) is 0 Å². The van der Waals surface area contributed by atoms with Crippen LogP contribution in [0.25, 0.3) is 0 Å². The number of amides is 1. The molecule has 1 amide bonds. The normalized spacial score (nSPS) is 11.8. The summed E-state index contributed by atoms with van der Waals surface area (Å²) in [6, 6.07) is 13.5. The summed E-state index contributed by atoms with van der Waals surface area (Å²) in [6.07, 6.45) is 0.0801. The van der Waals surface area contributed by atoms with Crippen LogP contribution in [0.1, 0.15) is 24.5 Å². The first kappa shape index (κ1) is 16.6. The topological polar surface area (TPSA) is 38.3 Å². The average Bonchev–Trinajstić information content (AvgIpc) is 2.50. The lowest BCUT2D eigenvalue weighted by molar-refractivity contribution is -0.122. The highest BCUT2D eigenvalue weighted by atomic mass is 79.9. The van der Waals surface area contributed by atoms with E-state index in [-0.39, 0.29) is 5.91 Å². The molecular formula is C18H20BrNO2. The summed E-state index contributed by atoms with van der Waals surface area (Å²) in [7, 11) is 0. The first-order valence-electron chi connectivity index (χ1n) is 7.30. The summed E-state index contributed by atoms with van der Waals surface area (Å²) in [6.45, 7) is 5.93. The summed E-state index contributed by atoms with van der Waals surface area (Å²) >= 11 is 3.43. The summed E-state index contributed by atoms with van der Waals surface area (Å²) in [4.78, 5) is 12.4. The quantitative estimate of drug-likeness (QED) is 0.825. The summed E-state index contributed by atoms with van der Waals surface area (Å²) in [5.74, 6) is 0.615. The minimum atomic E-state index is -0.521. The van der Waals surface area contributed by atoms with Crippen molar-refractivity contribution in [2.75, 3.05) is 5.32 Å². The first-order valence-corrected chi connectivity index (χ1v) is 8.10. The van der Waals surface area contributed by atoms with E-state index >= 15 is 0 Å². The number of hydrogen-bond acceptors (Lipinski definition) is 2. The molecule has 2 rings (SSSR count). The van der Waals surface area contributed by atoms with Crippen LogP contribution in [0.15, 0.2) is 46.9 Å². The van der Waals surface area contributed by atoms with E-state index in [0.717, 1.165) is 27.0 Å². The van der Waals surface area contributed by atoms with E-state index in [1.54, 1.807) is 0 Å². The molecule has 22 heavy (non-hydrogen) atoms. The maximum Gasteiger partial charge on any atom is 0.265 e. The van der Waals surface area contributed by atoms with Gasteiger partial charge in [0.2, 0.25) is 0 Å². The molecule has 1 N–H and O–H groups in total. The molecule has 0 saturated carbocycles. The first-order chi connectivity index (χ1) is 10.5. The largest absolute Gasteiger partial charge is 0.480 e. The zero-order chi connectivity index (χ0) is 16.1. The highest BCUT2D eigenvalue weighted by molar-refractivity contribution is 9.10. The lowest BCUT2D eigenvalue weighted by atomic mass is 10.1. The molecule has 0 bridgehead atoms. The molecule has 0 saturated heterocycles. The maximum atomic E-state index is 12.4. The zero-order valence-corrected chi connectivity index (χ0v) is 14.6. The third-order valence-electron chi connectivity index (χ3n) is 3.41. The van der Waals surface area contributed by atoms with E-state index in [9.17, 15) is 4.79 Å². The molecule has 0 unspecified atom stereocenters. The van der Waals surface area contributed by atoms with Gasteiger partial charge >= 0.3 is 0 Å². The Morgan fingerprint density at radius 1 is 1.23 bits per heavy atom. The number of carbonyl (C=O) groups excluding carboxylic acids is 1. The zero-order valence-electron chi connectivity index (χ0n) is 13.0. The van der Waals surface area contributed by atoms with Gasteiger partial charge in [-0.25, -0.2) is 0 Å². The van der Waals surface area contributed by atoms with E-state index in [1.807, 2.05) is 63.2 Å². The Bertz CT molecular complexity index is 670. The van der Waals surface area contributed by atoms with Crippen molar-refractivity contribution >= 4 is 27.5 Å². The average molecular weight is 362 g/mol. The van der Waals surface area contributed by atoms with E-state index in [0.29, 0.717) is 6.42 Å². The third kappa shape index (κ3) is 4.10. The van der Waals surface area contributed by atoms with Crippen LogP contribution in [-0.4, -0.2) is 12.0 Å². The summed E-state index contributed by atoms with van der Waals surface area (Å²) < 4.78 is 6.77. The van der Waals surface area contributed by atoms with Crippen LogP contribution < -0.4 is 10.1 Å². The Hall–Kier alpha value is -1.81. The minimum absolute atomic E-state index is 0.143. The fourth-order valence-electron chi connectivity index (χ4n) is 2.09. The van der Waals surface area contributed by atoms with Gasteiger partial charge in [0, 0.05) is 4.47 Å². The second-order valence-corrected chi connectivity index (χ2v) is 6.11. The Balaban J connectivity index is 2.12. The summed E-state index contributed by atoms with van der Waals surface area (Å²) in [5, 5.41) is 2.90. The van der Waals surface area contributed by atoms with E-state index in [4.69, 9.17) is 4.74 Å². The monoisotopic (exact) mass is 361 g/mol. The van der Waals surface area contributed by atoms with Crippen molar-refractivity contribution in [1.82, 2.24) is 0 Å². The number of halogens is 1. The molecule has 0 aliphatic heterocycles. The van der Waals surface area contributed by atoms with Crippen LogP contribution in [0.3, 0.4) is 0 Å². The van der Waals surface area contributed by atoms with Crippen molar-refractivity contribution in [1.29, 1.82) is 0 Å². The SMILES string of the molecule is CC[C@@H](Oc1cc(C)ccc1C)C(=O)Nc1ccccc1Br. The Labute approximate surface area is 139 Å². The molecule has 0 aliphatic rings. The molecule has 2 aromatic carbocycles. The summed E-state index contributed by atoms with van der Waals surface area (Å²) in [5.41, 5.74) is 2.88. The molecule has 0 aliphatic carbocycles. The second-order valence-electron chi connectivity index (χ2n) is 5.25. The van der Waals surface area contributed by atoms with Gasteiger partial charge in [0.15, 0.2) is 6.10 Å². The second kappa shape index (κ2) is 7.45. The number of aryl methyl sites for hydroxylation is 2. The van der Waals surface area contributed by atoms with Gasteiger partial charge < -0.3 is 10.1 Å². The number of benzene rings is 2. The van der Waals surface area contributed by atoms with E-state index in [1.165, 1.54) is 0 Å². The third-order valence-corrected chi connectivity index (χ3v) is 4.10. The highest BCUT2D eigenvalue weighted by Crippen LogP contribution is 2.24. The van der Waals surface area contributed by atoms with Gasteiger partial charge in [-0.05, 0) is 65.5 Å². The molecule has 3 nitrogen and oxygen atoms in total. The fraction of sp³-hybridized carbons (Fsp3) is 0.278. The Morgan fingerprint density at radius 2 is 1.95 bits per heavy atom. The molecule has 0 fully saturated rings. The fourth-order valence-corrected chi connectivity index (χ4v) is 2.47. The molecule has 0 spiro atoms. The predicted octanol–water partition coefficient (Wildman–Crippen LogP) is 4.86. The molecule has 116 valence electrons. The Morgan fingerprint density at radius 3 is 2.64 bits per heavy atom. The number of carbonyl (C=O) groups is 1. The number of ether oxygens (including phenoxy) is 1. The van der Waals surface area contributed by atoms with Gasteiger partial charge in [0.1, 0.15) is 5.75 Å². The van der Waals surface area contributed by atoms with Gasteiger partial charge in [-0.3, -0.25) is 4.79 Å². The van der Waals surface area contributed by atoms with Crippen LogP contribution in [-0.2, 0) is 4.79 Å². The van der Waals surface area contributed by atoms with Crippen molar-refractivity contribution in [3.8, 4) is 5.75 Å². The van der Waals surface area contributed by atoms with E-state index in [2.05, 4.69) is 21.2 Å². The molecule has 0 radical (unpaired) electrons. The number of rotatable bonds is 5. The maximum absolute atomic E-state index is 12.4. The van der Waals surface area contributed by atoms with Crippen molar-refractivity contribution in [2.45, 2.75) is 33.3 Å². The van der Waals surface area contributed by atoms with Gasteiger partial charge in [-0.15, -0.1) is 0 Å². The van der Waals surface area contributed by atoms with Crippen LogP contribution >= 0.6 is 15.9 Å². The molecule has 0 heterocycles. The Kier molecular flexibility index (Phi) is 5.61.